The summed E-state index contributed by atoms with van der Waals surface area (Å²) < 4.78 is 83.6. The van der Waals surface area contributed by atoms with Gasteiger partial charge in [0.15, 0.2) is 5.79 Å². The van der Waals surface area contributed by atoms with Crippen LogP contribution in [-0.4, -0.2) is 117 Å². The standard InChI is InChI=1S/C15H24O7S.C15H26O7S.C6H16Si.CH4/c1-5-15(6-2)20-11-8-10(14(16)19-7-3)9-12(13(11)21-15)22-23(4,17)18;1-5-11(6-2)21-12-8-10(15(17)20-7-3)9-13(14(12)16)22-23(4,18)19;1-4-7(5-2)6-3;/h8,11-13H,5-7,9H2,1-4H3;8,11-14,16H,5-7,9H2,1-4H3;7H,4-6H2,1-3H3;1H4/t11-,12-,13-;12-,13-,14-;;/m11../s1. The molecule has 14 nitrogen and oxygen atoms in total. The zero-order valence-electron chi connectivity index (χ0n) is 33.6. The van der Waals surface area contributed by atoms with Gasteiger partial charge in [0.25, 0.3) is 20.2 Å². The van der Waals surface area contributed by atoms with E-state index in [4.69, 9.17) is 32.1 Å². The van der Waals surface area contributed by atoms with E-state index < -0.39 is 74.6 Å². The van der Waals surface area contributed by atoms with Crippen LogP contribution in [0.25, 0.3) is 0 Å². The summed E-state index contributed by atoms with van der Waals surface area (Å²) in [4.78, 5) is 24.0. The highest BCUT2D eigenvalue weighted by Crippen LogP contribution is 2.41. The predicted molar refractivity (Wildman–Crippen MR) is 212 cm³/mol. The molecule has 0 spiro atoms. The van der Waals surface area contributed by atoms with Gasteiger partial charge >= 0.3 is 11.9 Å². The Hall–Kier alpha value is -1.70. The van der Waals surface area contributed by atoms with E-state index in [1.54, 1.807) is 19.9 Å². The van der Waals surface area contributed by atoms with Crippen molar-refractivity contribution in [1.82, 2.24) is 0 Å². The van der Waals surface area contributed by atoms with Gasteiger partial charge in [-0.25, -0.2) is 9.59 Å². The highest BCUT2D eigenvalue weighted by Gasteiger charge is 2.51. The minimum atomic E-state index is -3.78. The molecule has 54 heavy (non-hydrogen) atoms. The highest BCUT2D eigenvalue weighted by atomic mass is 32.2. The maximum absolute atomic E-state index is 12.0. The van der Waals surface area contributed by atoms with Crippen LogP contribution in [0.2, 0.25) is 18.1 Å². The molecule has 0 aromatic carbocycles. The molecule has 1 heterocycles. The number of aliphatic hydroxyl groups excluding tert-OH is 1. The smallest absolute Gasteiger partial charge is 0.333 e. The first kappa shape index (κ1) is 52.3. The molecule has 0 aromatic heterocycles. The van der Waals surface area contributed by atoms with Gasteiger partial charge in [0, 0.05) is 32.8 Å². The van der Waals surface area contributed by atoms with E-state index >= 15 is 0 Å². The van der Waals surface area contributed by atoms with Crippen molar-refractivity contribution in [2.75, 3.05) is 25.7 Å². The Labute approximate surface area is 327 Å². The molecule has 0 radical (unpaired) electrons. The molecule has 0 bridgehead atoms. The monoisotopic (exact) mass is 830 g/mol. The van der Waals surface area contributed by atoms with E-state index in [1.807, 2.05) is 27.7 Å². The minimum Gasteiger partial charge on any atom is -0.463 e. The Bertz CT molecular complexity index is 1370. The van der Waals surface area contributed by atoms with Crippen LogP contribution in [0.4, 0.5) is 0 Å². The molecular formula is C37H70O14S2Si. The van der Waals surface area contributed by atoms with Gasteiger partial charge in [-0.1, -0.05) is 74.0 Å². The van der Waals surface area contributed by atoms with Crippen molar-refractivity contribution in [2.24, 2.45) is 0 Å². The largest absolute Gasteiger partial charge is 0.463 e. The SMILES string of the molecule is C.CCOC(=O)C1=C[C@@H](OC(CC)CC)[C@@H](O)[C@H](OS(C)(=O)=O)C1.CCOC(=O)C1=C[C@H]2OC(CC)(CC)O[C@H]2[C@H](OS(C)(=O)=O)C1.CC[SiH](CC)CC. The average Bonchev–Trinajstić information content (AvgIpc) is 3.49. The van der Waals surface area contributed by atoms with Crippen LogP contribution in [0.5, 0.6) is 0 Å². The molecule has 0 aromatic rings. The Kier molecular flexibility index (Phi) is 24.0. The Morgan fingerprint density at radius 3 is 1.61 bits per heavy atom. The van der Waals surface area contributed by atoms with Crippen LogP contribution < -0.4 is 0 Å². The minimum absolute atomic E-state index is 0. The second kappa shape index (κ2) is 24.8. The molecular weight excluding hydrogens is 761 g/mol. The molecule has 1 saturated heterocycles. The van der Waals surface area contributed by atoms with Crippen LogP contribution in [-0.2, 0) is 61.9 Å². The summed E-state index contributed by atoms with van der Waals surface area (Å²) in [5.41, 5.74) is 0.607. The molecule has 2 aliphatic carbocycles. The summed E-state index contributed by atoms with van der Waals surface area (Å²) in [6.07, 6.45) is 2.73. The summed E-state index contributed by atoms with van der Waals surface area (Å²) in [7, 11) is -7.64. The molecule has 0 saturated carbocycles. The maximum atomic E-state index is 12.0. The fourth-order valence-electron chi connectivity index (χ4n) is 6.24. The number of carbonyl (C=O) groups is 2. The van der Waals surface area contributed by atoms with E-state index in [2.05, 4.69) is 20.8 Å². The van der Waals surface area contributed by atoms with Gasteiger partial charge in [-0.2, -0.15) is 16.8 Å². The van der Waals surface area contributed by atoms with Gasteiger partial charge < -0.3 is 28.8 Å². The number of rotatable bonds is 17. The third-order valence-electron chi connectivity index (χ3n) is 9.42. The second-order valence-electron chi connectivity index (χ2n) is 13.3. The summed E-state index contributed by atoms with van der Waals surface area (Å²) in [5, 5.41) is 10.4. The van der Waals surface area contributed by atoms with Gasteiger partial charge in [-0.05, 0) is 51.7 Å². The van der Waals surface area contributed by atoms with Crippen molar-refractivity contribution in [3.8, 4) is 0 Å². The summed E-state index contributed by atoms with van der Waals surface area (Å²) in [6.45, 7) is 18.6. The van der Waals surface area contributed by atoms with Crippen LogP contribution in [0, 0.1) is 0 Å². The van der Waals surface area contributed by atoms with Crippen molar-refractivity contribution >= 4 is 41.0 Å². The zero-order valence-corrected chi connectivity index (χ0v) is 36.4. The van der Waals surface area contributed by atoms with Gasteiger partial charge in [-0.3, -0.25) is 8.37 Å². The van der Waals surface area contributed by atoms with Crippen molar-refractivity contribution < 1.29 is 63.6 Å². The molecule has 1 aliphatic heterocycles. The molecule has 3 rings (SSSR count). The van der Waals surface area contributed by atoms with Crippen molar-refractivity contribution in [2.45, 2.75) is 175 Å². The molecule has 318 valence electrons. The number of fused-ring (bicyclic) bond motifs is 1. The fourth-order valence-corrected chi connectivity index (χ4v) is 9.23. The molecule has 0 unspecified atom stereocenters. The number of hydrogen-bond acceptors (Lipinski definition) is 14. The lowest BCUT2D eigenvalue weighted by Gasteiger charge is -2.34. The molecule has 1 N–H and O–H groups in total. The van der Waals surface area contributed by atoms with Crippen LogP contribution >= 0.6 is 0 Å². The van der Waals surface area contributed by atoms with Gasteiger partial charge in [0.2, 0.25) is 0 Å². The van der Waals surface area contributed by atoms with E-state index in [9.17, 15) is 31.5 Å². The first-order chi connectivity index (χ1) is 24.8. The van der Waals surface area contributed by atoms with E-state index in [0.29, 0.717) is 18.4 Å². The lowest BCUT2D eigenvalue weighted by molar-refractivity contribution is -0.182. The Balaban J connectivity index is 0.000000871. The van der Waals surface area contributed by atoms with Crippen molar-refractivity contribution in [1.29, 1.82) is 0 Å². The molecule has 0 amide bonds. The maximum Gasteiger partial charge on any atom is 0.333 e. The zero-order chi connectivity index (χ0) is 40.6. The number of ether oxygens (including phenoxy) is 5. The summed E-state index contributed by atoms with van der Waals surface area (Å²) >= 11 is 0. The molecule has 17 heteroatoms. The van der Waals surface area contributed by atoms with Crippen LogP contribution in [0.15, 0.2) is 23.3 Å². The number of aliphatic hydroxyl groups is 1. The molecule has 6 atom stereocenters. The molecule has 1 fully saturated rings. The second-order valence-corrected chi connectivity index (χ2v) is 20.7. The van der Waals surface area contributed by atoms with Gasteiger partial charge in [-0.15, -0.1) is 0 Å². The highest BCUT2D eigenvalue weighted by molar-refractivity contribution is 7.86. The third-order valence-corrected chi connectivity index (χ3v) is 14.1. The van der Waals surface area contributed by atoms with Crippen LogP contribution in [0.1, 0.15) is 108 Å². The average molecular weight is 831 g/mol. The lowest BCUT2D eigenvalue weighted by Crippen LogP contribution is -2.46. The van der Waals surface area contributed by atoms with E-state index in [-0.39, 0.29) is 54.0 Å². The first-order valence-electron chi connectivity index (χ1n) is 19.0. The topological polar surface area (TPSA) is 187 Å². The molecule has 3 aliphatic rings. The number of hydrogen-bond donors (Lipinski definition) is 1. The number of esters is 2. The Morgan fingerprint density at radius 2 is 1.22 bits per heavy atom. The van der Waals surface area contributed by atoms with E-state index in [1.165, 1.54) is 24.2 Å². The quantitative estimate of drug-likeness (QED) is 0.109. The van der Waals surface area contributed by atoms with Crippen LogP contribution in [0.3, 0.4) is 0 Å². The normalized spacial score (nSPS) is 24.8. The van der Waals surface area contributed by atoms with Crippen molar-refractivity contribution in [3.05, 3.63) is 23.3 Å². The first-order valence-corrected chi connectivity index (χ1v) is 25.1. The van der Waals surface area contributed by atoms with Crippen molar-refractivity contribution in [3.63, 3.8) is 0 Å². The third kappa shape index (κ3) is 17.2. The predicted octanol–water partition coefficient (Wildman–Crippen LogP) is 5.59. The lowest BCUT2D eigenvalue weighted by atomic mass is 9.92. The fraction of sp³-hybridized carbons (Fsp3) is 0.838. The van der Waals surface area contributed by atoms with Gasteiger partial charge in [0.05, 0.1) is 31.8 Å². The van der Waals surface area contributed by atoms with Gasteiger partial charge in [0.1, 0.15) is 36.6 Å². The summed E-state index contributed by atoms with van der Waals surface area (Å²) in [5.74, 6) is -1.82. The Morgan fingerprint density at radius 1 is 0.778 bits per heavy atom. The summed E-state index contributed by atoms with van der Waals surface area (Å²) in [6, 6.07) is 4.48. The number of carbonyl (C=O) groups excluding carboxylic acids is 2. The van der Waals surface area contributed by atoms with E-state index in [0.717, 1.165) is 25.4 Å².